The zero-order valence-corrected chi connectivity index (χ0v) is 8.44. The molecule has 0 spiro atoms. The highest BCUT2D eigenvalue weighted by atomic mass is 31.1. The molecule has 0 unspecified atom stereocenters. The van der Waals surface area contributed by atoms with E-state index in [1.54, 1.807) is 0 Å². The quantitative estimate of drug-likeness (QED) is 0.407. The Morgan fingerprint density at radius 3 is 1.50 bits per heavy atom. The van der Waals surface area contributed by atoms with E-state index in [0.717, 1.165) is 12.2 Å². The molecule has 0 aliphatic rings. The smallest absolute Gasteiger partial charge is 0.369 e. The molecule has 0 saturated heterocycles. The molecule has 0 aromatic heterocycles. The summed E-state index contributed by atoms with van der Waals surface area (Å²) in [5, 5.41) is 0. The average molecular weight is 234 g/mol. The highest BCUT2D eigenvalue weighted by Crippen LogP contribution is 1.97. The molecule has 0 saturated carbocycles. The Labute approximate surface area is 82.1 Å². The Balaban J connectivity index is 3.91. The SMILES string of the molecule is O=POC(=O)/C=C\C=C/C(=O)OP=O. The van der Waals surface area contributed by atoms with Crippen molar-refractivity contribution >= 4 is 29.3 Å². The largest absolute Gasteiger partial charge is 0.398 e. The number of rotatable bonds is 5. The maximum absolute atomic E-state index is 10.5. The number of hydrogen-bond acceptors (Lipinski definition) is 6. The van der Waals surface area contributed by atoms with Crippen molar-refractivity contribution in [2.24, 2.45) is 0 Å². The van der Waals surface area contributed by atoms with Gasteiger partial charge in [0.25, 0.3) is 0 Å². The molecule has 0 atom stereocenters. The molecular weight excluding hydrogens is 230 g/mol. The Bertz CT molecular complexity index is 265. The number of carbonyl (C=O) groups excluding carboxylic acids is 2. The van der Waals surface area contributed by atoms with E-state index in [-0.39, 0.29) is 0 Å². The maximum Gasteiger partial charge on any atom is 0.398 e. The molecular formula is C6H4O6P2. The van der Waals surface area contributed by atoms with Crippen LogP contribution in [0.3, 0.4) is 0 Å². The number of allylic oxidation sites excluding steroid dienone is 2. The molecule has 0 heterocycles. The molecule has 0 N–H and O–H groups in total. The van der Waals surface area contributed by atoms with Gasteiger partial charge in [-0.15, -0.1) is 0 Å². The first-order valence-electron chi connectivity index (χ1n) is 3.12. The highest BCUT2D eigenvalue weighted by Gasteiger charge is 1.94. The van der Waals surface area contributed by atoms with Crippen LogP contribution in [-0.2, 0) is 27.8 Å². The summed E-state index contributed by atoms with van der Waals surface area (Å²) in [6.07, 6.45) is 4.25. The topological polar surface area (TPSA) is 86.7 Å². The summed E-state index contributed by atoms with van der Waals surface area (Å²) in [7, 11) is -1.49. The van der Waals surface area contributed by atoms with Gasteiger partial charge in [-0.1, -0.05) is 12.2 Å². The molecule has 6 nitrogen and oxygen atoms in total. The van der Waals surface area contributed by atoms with Crippen molar-refractivity contribution in [1.29, 1.82) is 0 Å². The van der Waals surface area contributed by atoms with Crippen LogP contribution in [0, 0.1) is 0 Å². The second-order valence-electron chi connectivity index (χ2n) is 1.69. The van der Waals surface area contributed by atoms with Crippen molar-refractivity contribution in [2.45, 2.75) is 0 Å². The second-order valence-corrected chi connectivity index (χ2v) is 2.35. The van der Waals surface area contributed by atoms with E-state index in [1.807, 2.05) is 0 Å². The minimum atomic E-state index is -0.818. The Kier molecular flexibility index (Phi) is 7.42. The normalized spacial score (nSPS) is 11.1. The van der Waals surface area contributed by atoms with Crippen molar-refractivity contribution in [3.05, 3.63) is 24.3 Å². The number of hydrogen-bond donors (Lipinski definition) is 0. The summed E-state index contributed by atoms with van der Waals surface area (Å²) >= 11 is 0. The number of carbonyl (C=O) groups is 2. The van der Waals surface area contributed by atoms with Gasteiger partial charge in [-0.05, 0) is 0 Å². The summed E-state index contributed by atoms with van der Waals surface area (Å²) in [6.45, 7) is 0. The Hall–Kier alpha value is -1.38. The highest BCUT2D eigenvalue weighted by molar-refractivity contribution is 7.18. The van der Waals surface area contributed by atoms with Crippen LogP contribution >= 0.6 is 17.4 Å². The van der Waals surface area contributed by atoms with E-state index >= 15 is 0 Å². The van der Waals surface area contributed by atoms with Gasteiger partial charge < -0.3 is 9.05 Å². The standard InChI is InChI=1S/C6H4O6P2/c7-5(11-13-9)3-1-2-4-6(8)12-14-10/h1-4H/b3-1-,4-2-. The van der Waals surface area contributed by atoms with Crippen molar-refractivity contribution in [3.8, 4) is 0 Å². The van der Waals surface area contributed by atoms with E-state index in [4.69, 9.17) is 0 Å². The third-order valence-corrected chi connectivity index (χ3v) is 1.34. The fourth-order valence-corrected chi connectivity index (χ4v) is 0.671. The fourth-order valence-electron chi connectivity index (χ4n) is 0.403. The Morgan fingerprint density at radius 2 is 1.21 bits per heavy atom. The van der Waals surface area contributed by atoms with Gasteiger partial charge in [0.15, 0.2) is 0 Å². The summed E-state index contributed by atoms with van der Waals surface area (Å²) < 4.78 is 27.4. The Morgan fingerprint density at radius 1 is 0.857 bits per heavy atom. The first-order valence-corrected chi connectivity index (χ1v) is 4.58. The van der Waals surface area contributed by atoms with Gasteiger partial charge in [0.2, 0.25) is 0 Å². The molecule has 0 bridgehead atoms. The third-order valence-electron chi connectivity index (χ3n) is 0.830. The molecule has 0 radical (unpaired) electrons. The van der Waals surface area contributed by atoms with Crippen LogP contribution in [0.1, 0.15) is 0 Å². The van der Waals surface area contributed by atoms with Crippen LogP contribution in [0.2, 0.25) is 0 Å². The average Bonchev–Trinajstić information content (AvgIpc) is 2.13. The molecule has 0 aliphatic heterocycles. The lowest BCUT2D eigenvalue weighted by atomic mass is 10.4. The van der Waals surface area contributed by atoms with Crippen molar-refractivity contribution in [1.82, 2.24) is 0 Å². The van der Waals surface area contributed by atoms with Crippen LogP contribution in [0.5, 0.6) is 0 Å². The van der Waals surface area contributed by atoms with Crippen molar-refractivity contribution in [3.63, 3.8) is 0 Å². The van der Waals surface area contributed by atoms with E-state index in [9.17, 15) is 18.7 Å². The molecule has 14 heavy (non-hydrogen) atoms. The lowest BCUT2D eigenvalue weighted by Crippen LogP contribution is -1.90. The summed E-state index contributed by atoms with van der Waals surface area (Å²) in [5.74, 6) is -1.64. The minimum absolute atomic E-state index is 0.745. The van der Waals surface area contributed by atoms with E-state index in [0.29, 0.717) is 0 Å². The van der Waals surface area contributed by atoms with Gasteiger partial charge in [0.1, 0.15) is 0 Å². The third kappa shape index (κ3) is 7.28. The van der Waals surface area contributed by atoms with Crippen LogP contribution in [0.4, 0.5) is 0 Å². The summed E-state index contributed by atoms with van der Waals surface area (Å²) in [5.41, 5.74) is 0. The van der Waals surface area contributed by atoms with Crippen LogP contribution in [0.25, 0.3) is 0 Å². The van der Waals surface area contributed by atoms with Gasteiger partial charge in [0, 0.05) is 12.2 Å². The van der Waals surface area contributed by atoms with Crippen LogP contribution in [-0.4, -0.2) is 11.9 Å². The molecule has 0 aromatic rings. The lowest BCUT2D eigenvalue weighted by molar-refractivity contribution is -0.129. The van der Waals surface area contributed by atoms with Gasteiger partial charge in [0.05, 0.1) is 0 Å². The monoisotopic (exact) mass is 234 g/mol. The molecule has 74 valence electrons. The zero-order valence-electron chi connectivity index (χ0n) is 6.65. The molecule has 0 aliphatic carbocycles. The van der Waals surface area contributed by atoms with Gasteiger partial charge in [-0.2, -0.15) is 0 Å². The van der Waals surface area contributed by atoms with Gasteiger partial charge >= 0.3 is 29.3 Å². The first kappa shape index (κ1) is 12.6. The van der Waals surface area contributed by atoms with Gasteiger partial charge in [-0.3, -0.25) is 0 Å². The molecule has 0 rings (SSSR count). The summed E-state index contributed by atoms with van der Waals surface area (Å²) in [6, 6.07) is 0. The van der Waals surface area contributed by atoms with Crippen LogP contribution < -0.4 is 0 Å². The van der Waals surface area contributed by atoms with Crippen molar-refractivity contribution < 1.29 is 27.8 Å². The van der Waals surface area contributed by atoms with E-state index < -0.39 is 29.3 Å². The predicted octanol–water partition coefficient (Wildman–Crippen LogP) is 1.60. The zero-order chi connectivity index (χ0) is 10.8. The molecule has 0 amide bonds. The lowest BCUT2D eigenvalue weighted by Gasteiger charge is -1.84. The fraction of sp³-hybridized carbons (Fsp3) is 0. The first-order chi connectivity index (χ1) is 6.70. The second kappa shape index (κ2) is 8.23. The molecule has 0 fully saturated rings. The van der Waals surface area contributed by atoms with Gasteiger partial charge in [-0.25, -0.2) is 18.7 Å². The summed E-state index contributed by atoms with van der Waals surface area (Å²) in [4.78, 5) is 21.0. The van der Waals surface area contributed by atoms with E-state index in [1.165, 1.54) is 12.2 Å². The minimum Gasteiger partial charge on any atom is -0.369 e. The van der Waals surface area contributed by atoms with E-state index in [2.05, 4.69) is 9.05 Å². The molecule has 0 aromatic carbocycles. The van der Waals surface area contributed by atoms with Crippen molar-refractivity contribution in [2.75, 3.05) is 0 Å². The van der Waals surface area contributed by atoms with Crippen LogP contribution in [0.15, 0.2) is 24.3 Å². The maximum atomic E-state index is 10.5. The molecule has 8 heteroatoms. The predicted molar refractivity (Wildman–Crippen MR) is 45.7 cm³/mol.